The van der Waals surface area contributed by atoms with E-state index in [1.807, 2.05) is 63.4 Å². The van der Waals surface area contributed by atoms with Gasteiger partial charge in [-0.05, 0) is 38.6 Å². The molecule has 0 aliphatic carbocycles. The average molecular weight is 448 g/mol. The summed E-state index contributed by atoms with van der Waals surface area (Å²) in [6, 6.07) is 13.8. The van der Waals surface area contributed by atoms with Crippen LogP contribution in [0.1, 0.15) is 11.4 Å². The van der Waals surface area contributed by atoms with E-state index in [1.165, 1.54) is 0 Å². The van der Waals surface area contributed by atoms with E-state index in [9.17, 15) is 5.21 Å². The maximum absolute atomic E-state index is 13.8. The number of nitrogens with zero attached hydrogens (tertiary/aromatic N) is 5. The molecule has 0 amide bonds. The van der Waals surface area contributed by atoms with Gasteiger partial charge in [-0.15, -0.1) is 0 Å². The summed E-state index contributed by atoms with van der Waals surface area (Å²) in [6.45, 7) is 6.42. The SMILES string of the molecule is Cc1cc(-c2c(-c3ccccc3)nc(=N)n3c2N[N+]([O-])(C[C@@H]2CN(C)CCO2)C3)cc(C)n1. The molecule has 1 unspecified atom stereocenters. The maximum atomic E-state index is 13.8. The summed E-state index contributed by atoms with van der Waals surface area (Å²) in [6.07, 6.45) is -0.173. The van der Waals surface area contributed by atoms with Crippen LogP contribution in [-0.2, 0) is 11.4 Å². The minimum absolute atomic E-state index is 0.0557. The number of morpholine rings is 1. The molecule has 3 aromatic rings. The lowest BCUT2D eigenvalue weighted by atomic mass is 9.99. The minimum atomic E-state index is -0.694. The van der Waals surface area contributed by atoms with E-state index >= 15 is 0 Å². The first-order chi connectivity index (χ1) is 15.8. The topological polar surface area (TPSA) is 102 Å². The monoisotopic (exact) mass is 447 g/mol. The van der Waals surface area contributed by atoms with E-state index in [0.717, 1.165) is 34.6 Å². The number of pyridine rings is 1. The Kier molecular flexibility index (Phi) is 5.49. The van der Waals surface area contributed by atoms with E-state index in [0.29, 0.717) is 24.7 Å². The fourth-order valence-electron chi connectivity index (χ4n) is 4.75. The summed E-state index contributed by atoms with van der Waals surface area (Å²) < 4.78 is 6.85. The van der Waals surface area contributed by atoms with E-state index in [1.54, 1.807) is 4.57 Å². The van der Waals surface area contributed by atoms with Crippen molar-refractivity contribution in [3.63, 3.8) is 0 Å². The van der Waals surface area contributed by atoms with Crippen LogP contribution in [0.15, 0.2) is 42.5 Å². The normalized spacial score (nSPS) is 22.7. The second-order valence-corrected chi connectivity index (χ2v) is 9.02. The zero-order chi connectivity index (χ0) is 23.2. The molecule has 9 heteroatoms. The van der Waals surface area contributed by atoms with Gasteiger partial charge in [-0.1, -0.05) is 30.3 Å². The van der Waals surface area contributed by atoms with Crippen molar-refractivity contribution in [3.8, 4) is 22.4 Å². The zero-order valence-electron chi connectivity index (χ0n) is 19.2. The number of anilines is 1. The number of nitrogens with one attached hydrogen (secondary N) is 2. The molecule has 2 N–H and O–H groups in total. The van der Waals surface area contributed by atoms with Crippen LogP contribution in [0.25, 0.3) is 22.4 Å². The number of ether oxygens (including phenoxy) is 1. The standard InChI is InChI=1S/C24H29N7O2/c1-16-11-19(12-17(2)26-16)21-22(18-7-5-4-6-8-18)27-24(25)30-15-31(32,28-23(21)30)14-20-13-29(3)9-10-33-20/h4-8,11-12,20,25,28H,9-10,13-15H2,1-3H3/t20-,31?/m0/s1. The number of likely N-dealkylation sites (N-methyl/N-ethyl adjacent to an activating group) is 1. The molecule has 2 aromatic heterocycles. The number of hydrogen-bond donors (Lipinski definition) is 2. The van der Waals surface area contributed by atoms with Crippen molar-refractivity contribution in [1.29, 1.82) is 5.41 Å². The molecule has 0 radical (unpaired) electrons. The van der Waals surface area contributed by atoms with Gasteiger partial charge in [0.25, 0.3) is 0 Å². The highest BCUT2D eigenvalue weighted by Gasteiger charge is 2.36. The van der Waals surface area contributed by atoms with Gasteiger partial charge in [-0.3, -0.25) is 10.4 Å². The second kappa shape index (κ2) is 8.35. The Morgan fingerprint density at radius 2 is 1.88 bits per heavy atom. The van der Waals surface area contributed by atoms with Gasteiger partial charge in [0.15, 0.2) is 12.5 Å². The van der Waals surface area contributed by atoms with Crippen molar-refractivity contribution < 1.29 is 9.49 Å². The number of hydroxylamine groups is 2. The van der Waals surface area contributed by atoms with Crippen LogP contribution in [0.2, 0.25) is 0 Å². The van der Waals surface area contributed by atoms with Crippen LogP contribution in [-0.4, -0.2) is 63.6 Å². The summed E-state index contributed by atoms with van der Waals surface area (Å²) in [4.78, 5) is 11.3. The number of fused-ring (bicyclic) bond motifs is 1. The third-order valence-electron chi connectivity index (χ3n) is 6.15. The van der Waals surface area contributed by atoms with Crippen molar-refractivity contribution in [3.05, 3.63) is 64.7 Å². The van der Waals surface area contributed by atoms with Gasteiger partial charge in [0.2, 0.25) is 5.62 Å². The Labute approximate surface area is 192 Å². The van der Waals surface area contributed by atoms with Crippen molar-refractivity contribution in [1.82, 2.24) is 19.4 Å². The quantitative estimate of drug-likeness (QED) is 0.471. The number of benzene rings is 1. The Morgan fingerprint density at radius 1 is 1.15 bits per heavy atom. The second-order valence-electron chi connectivity index (χ2n) is 9.02. The highest BCUT2D eigenvalue weighted by atomic mass is 16.6. The smallest absolute Gasteiger partial charge is 0.228 e. The number of quaternary nitrogens is 1. The van der Waals surface area contributed by atoms with E-state index < -0.39 is 4.76 Å². The molecule has 172 valence electrons. The fraction of sp³-hybridized carbons (Fsp3) is 0.375. The van der Waals surface area contributed by atoms with Crippen LogP contribution in [0.5, 0.6) is 0 Å². The molecule has 2 aliphatic heterocycles. The Morgan fingerprint density at radius 3 is 2.58 bits per heavy atom. The molecule has 1 aromatic carbocycles. The predicted octanol–water partition coefficient (Wildman–Crippen LogP) is 2.65. The first-order valence-electron chi connectivity index (χ1n) is 11.2. The third kappa shape index (κ3) is 4.28. The number of aryl methyl sites for hydroxylation is 2. The molecule has 0 saturated carbocycles. The molecule has 0 spiro atoms. The highest BCUT2D eigenvalue weighted by Crippen LogP contribution is 2.39. The summed E-state index contributed by atoms with van der Waals surface area (Å²) in [5.74, 6) is 0.609. The lowest BCUT2D eigenvalue weighted by Crippen LogP contribution is -2.53. The van der Waals surface area contributed by atoms with Crippen LogP contribution in [0.4, 0.5) is 5.82 Å². The molecule has 9 nitrogen and oxygen atoms in total. The highest BCUT2D eigenvalue weighted by molar-refractivity contribution is 5.88. The van der Waals surface area contributed by atoms with Crippen molar-refractivity contribution in [2.75, 3.05) is 38.7 Å². The number of hydrogen-bond acceptors (Lipinski definition) is 7. The van der Waals surface area contributed by atoms with Gasteiger partial charge in [-0.2, -0.15) is 0 Å². The summed E-state index contributed by atoms with van der Waals surface area (Å²) in [7, 11) is 2.04. The molecule has 5 rings (SSSR count). The van der Waals surface area contributed by atoms with Crippen LogP contribution in [0, 0.1) is 24.5 Å². The molecule has 2 aliphatic rings. The summed E-state index contributed by atoms with van der Waals surface area (Å²) >= 11 is 0. The van der Waals surface area contributed by atoms with Gasteiger partial charge in [0, 0.05) is 30.0 Å². The maximum Gasteiger partial charge on any atom is 0.228 e. The van der Waals surface area contributed by atoms with Gasteiger partial charge in [-0.25, -0.2) is 19.7 Å². The van der Waals surface area contributed by atoms with E-state index in [2.05, 4.69) is 20.3 Å². The number of rotatable bonds is 4. The lowest BCUT2D eigenvalue weighted by Gasteiger charge is -2.40. The van der Waals surface area contributed by atoms with Crippen LogP contribution < -0.4 is 11.0 Å². The molecule has 2 atom stereocenters. The van der Waals surface area contributed by atoms with Crippen molar-refractivity contribution >= 4 is 5.82 Å². The largest absolute Gasteiger partial charge is 0.605 e. The summed E-state index contributed by atoms with van der Waals surface area (Å²) in [5.41, 5.74) is 8.32. The molecule has 4 heterocycles. The molecule has 0 bridgehead atoms. The number of aromatic nitrogens is 3. The van der Waals surface area contributed by atoms with Crippen molar-refractivity contribution in [2.45, 2.75) is 26.6 Å². The molecular weight excluding hydrogens is 418 g/mol. The Hall–Kier alpha value is -3.11. The predicted molar refractivity (Wildman–Crippen MR) is 126 cm³/mol. The van der Waals surface area contributed by atoms with Gasteiger partial charge in [0.05, 0.1) is 17.9 Å². The zero-order valence-corrected chi connectivity index (χ0v) is 19.2. The van der Waals surface area contributed by atoms with Crippen molar-refractivity contribution in [2.24, 2.45) is 0 Å². The lowest BCUT2D eigenvalue weighted by molar-refractivity contribution is -0.877. The van der Waals surface area contributed by atoms with Crippen LogP contribution >= 0.6 is 0 Å². The van der Waals surface area contributed by atoms with Gasteiger partial charge >= 0.3 is 0 Å². The Bertz CT molecular complexity index is 1220. The molecule has 1 saturated heterocycles. The molecular formula is C24H29N7O2. The van der Waals surface area contributed by atoms with Gasteiger partial charge in [0.1, 0.15) is 12.6 Å². The van der Waals surface area contributed by atoms with Crippen LogP contribution in [0.3, 0.4) is 0 Å². The first kappa shape index (κ1) is 21.7. The third-order valence-corrected chi connectivity index (χ3v) is 6.15. The fourth-order valence-corrected chi connectivity index (χ4v) is 4.75. The first-order valence-corrected chi connectivity index (χ1v) is 11.2. The molecule has 1 fully saturated rings. The Balaban J connectivity index is 1.63. The minimum Gasteiger partial charge on any atom is -0.605 e. The summed E-state index contributed by atoms with van der Waals surface area (Å²) in [5, 5.41) is 22.5. The van der Waals surface area contributed by atoms with E-state index in [4.69, 9.17) is 10.1 Å². The average Bonchev–Trinajstić information content (AvgIpc) is 3.11. The molecule has 33 heavy (non-hydrogen) atoms. The van der Waals surface area contributed by atoms with Gasteiger partial charge < -0.3 is 14.8 Å². The van der Waals surface area contributed by atoms with E-state index in [-0.39, 0.29) is 24.9 Å².